The summed E-state index contributed by atoms with van der Waals surface area (Å²) in [6, 6.07) is 29.0. The third-order valence-corrected chi connectivity index (χ3v) is 6.35. The molecule has 0 aliphatic rings. The molecule has 0 radical (unpaired) electrons. The number of carbonyl (C=O) groups excluding carboxylic acids is 2. The van der Waals surface area contributed by atoms with Crippen LogP contribution in [-0.2, 0) is 16.0 Å². The molecule has 200 valence electrons. The fraction of sp³-hybridized carbons (Fsp3) is 0.161. The van der Waals surface area contributed by atoms with Gasteiger partial charge in [0.15, 0.2) is 12.2 Å². The molecular formula is C31H28Cl2N2O4. The summed E-state index contributed by atoms with van der Waals surface area (Å²) >= 11 is 11.8. The highest BCUT2D eigenvalue weighted by molar-refractivity contribution is 6.30. The van der Waals surface area contributed by atoms with Crippen molar-refractivity contribution in [3.8, 4) is 11.5 Å². The molecule has 0 aliphatic carbocycles. The van der Waals surface area contributed by atoms with Crippen LogP contribution < -0.4 is 20.1 Å². The number of anilines is 2. The van der Waals surface area contributed by atoms with Gasteiger partial charge in [0.25, 0.3) is 11.8 Å². The average molecular weight is 563 g/mol. The Balaban J connectivity index is 1.25. The van der Waals surface area contributed by atoms with Gasteiger partial charge in [0.05, 0.1) is 0 Å². The minimum Gasteiger partial charge on any atom is -0.481 e. The van der Waals surface area contributed by atoms with E-state index < -0.39 is 12.2 Å². The second-order valence-corrected chi connectivity index (χ2v) is 9.85. The predicted octanol–water partition coefficient (Wildman–Crippen LogP) is 7.40. The van der Waals surface area contributed by atoms with E-state index in [1.54, 1.807) is 62.4 Å². The lowest BCUT2D eigenvalue weighted by molar-refractivity contribution is -0.122. The second-order valence-electron chi connectivity index (χ2n) is 8.98. The van der Waals surface area contributed by atoms with Crippen molar-refractivity contribution in [3.05, 3.63) is 118 Å². The normalized spacial score (nSPS) is 12.2. The number of hydrogen-bond donors (Lipinski definition) is 2. The summed E-state index contributed by atoms with van der Waals surface area (Å²) in [6.07, 6.45) is -0.636. The molecule has 2 atom stereocenters. The van der Waals surface area contributed by atoms with Gasteiger partial charge in [-0.2, -0.15) is 0 Å². The van der Waals surface area contributed by atoms with Crippen molar-refractivity contribution >= 4 is 46.4 Å². The van der Waals surface area contributed by atoms with Gasteiger partial charge in [-0.1, -0.05) is 47.5 Å². The maximum Gasteiger partial charge on any atom is 0.265 e. The zero-order chi connectivity index (χ0) is 27.8. The third-order valence-electron chi connectivity index (χ3n) is 5.84. The molecule has 6 nitrogen and oxygen atoms in total. The fourth-order valence-electron chi connectivity index (χ4n) is 3.68. The van der Waals surface area contributed by atoms with E-state index in [-0.39, 0.29) is 11.8 Å². The summed E-state index contributed by atoms with van der Waals surface area (Å²) in [7, 11) is 0. The first-order valence-corrected chi connectivity index (χ1v) is 13.1. The average Bonchev–Trinajstić information content (AvgIpc) is 2.93. The first kappa shape index (κ1) is 28.0. The maximum atomic E-state index is 12.5. The Labute approximate surface area is 237 Å². The van der Waals surface area contributed by atoms with E-state index in [1.165, 1.54) is 0 Å². The van der Waals surface area contributed by atoms with Crippen LogP contribution >= 0.6 is 23.2 Å². The summed E-state index contributed by atoms with van der Waals surface area (Å²) in [4.78, 5) is 25.0. The number of rotatable bonds is 10. The topological polar surface area (TPSA) is 76.7 Å². The number of benzene rings is 4. The van der Waals surface area contributed by atoms with Crippen LogP contribution in [0.2, 0.25) is 10.0 Å². The molecular weight excluding hydrogens is 535 g/mol. The number of hydrogen-bond acceptors (Lipinski definition) is 4. The Morgan fingerprint density at radius 3 is 1.26 bits per heavy atom. The van der Waals surface area contributed by atoms with Crippen molar-refractivity contribution in [2.45, 2.75) is 32.5 Å². The molecule has 0 aliphatic heterocycles. The Bertz CT molecular complexity index is 1280. The zero-order valence-corrected chi connectivity index (χ0v) is 23.0. The summed E-state index contributed by atoms with van der Waals surface area (Å²) in [5, 5.41) is 6.95. The molecule has 4 aromatic rings. The van der Waals surface area contributed by atoms with Crippen molar-refractivity contribution in [1.29, 1.82) is 0 Å². The molecule has 2 N–H and O–H groups in total. The zero-order valence-electron chi connectivity index (χ0n) is 21.5. The van der Waals surface area contributed by atoms with Crippen molar-refractivity contribution in [3.63, 3.8) is 0 Å². The van der Waals surface area contributed by atoms with Crippen LogP contribution in [0.4, 0.5) is 11.4 Å². The number of amides is 2. The monoisotopic (exact) mass is 562 g/mol. The molecule has 39 heavy (non-hydrogen) atoms. The van der Waals surface area contributed by atoms with E-state index in [0.29, 0.717) is 39.3 Å². The van der Waals surface area contributed by atoms with Crippen LogP contribution in [0.1, 0.15) is 25.0 Å². The standard InChI is InChI=1S/C31H28Cl2N2O4/c1-20(38-28-15-7-24(32)8-16-28)30(36)34-26-11-3-22(4-12-26)19-23-5-13-27(14-6-23)35-31(37)21(2)39-29-17-9-25(33)10-18-29/h3-18,20-21H,19H2,1-2H3,(H,34,36)(H,35,37). The third kappa shape index (κ3) is 8.50. The van der Waals surface area contributed by atoms with Gasteiger partial charge in [0.1, 0.15) is 11.5 Å². The van der Waals surface area contributed by atoms with E-state index in [0.717, 1.165) is 11.1 Å². The van der Waals surface area contributed by atoms with Crippen LogP contribution in [0.3, 0.4) is 0 Å². The van der Waals surface area contributed by atoms with Gasteiger partial charge in [0, 0.05) is 21.4 Å². The molecule has 0 saturated heterocycles. The van der Waals surface area contributed by atoms with E-state index in [9.17, 15) is 9.59 Å². The minimum absolute atomic E-state index is 0.247. The van der Waals surface area contributed by atoms with Crippen LogP contribution in [0.5, 0.6) is 11.5 Å². The van der Waals surface area contributed by atoms with Gasteiger partial charge < -0.3 is 20.1 Å². The number of nitrogens with one attached hydrogen (secondary N) is 2. The van der Waals surface area contributed by atoms with Gasteiger partial charge in [-0.25, -0.2) is 0 Å². The summed E-state index contributed by atoms with van der Waals surface area (Å²) < 4.78 is 11.3. The Morgan fingerprint density at radius 1 is 0.590 bits per heavy atom. The molecule has 2 unspecified atom stereocenters. The SMILES string of the molecule is CC(Oc1ccc(Cl)cc1)C(=O)Nc1ccc(Cc2ccc(NC(=O)C(C)Oc3ccc(Cl)cc3)cc2)cc1. The van der Waals surface area contributed by atoms with Gasteiger partial charge in [0.2, 0.25) is 0 Å². The van der Waals surface area contributed by atoms with E-state index in [2.05, 4.69) is 10.6 Å². The molecule has 4 aromatic carbocycles. The maximum absolute atomic E-state index is 12.5. The lowest BCUT2D eigenvalue weighted by Gasteiger charge is -2.15. The van der Waals surface area contributed by atoms with Gasteiger partial charge in [-0.05, 0) is 104 Å². The van der Waals surface area contributed by atoms with Gasteiger partial charge in [-0.15, -0.1) is 0 Å². The largest absolute Gasteiger partial charge is 0.481 e. The molecule has 0 aromatic heterocycles. The summed E-state index contributed by atoms with van der Waals surface area (Å²) in [5.74, 6) is 0.652. The molecule has 0 bridgehead atoms. The van der Waals surface area contributed by atoms with E-state index in [1.807, 2.05) is 48.5 Å². The first-order valence-electron chi connectivity index (χ1n) is 12.4. The molecule has 0 fully saturated rings. The molecule has 0 heterocycles. The van der Waals surface area contributed by atoms with Crippen molar-refractivity contribution < 1.29 is 19.1 Å². The number of ether oxygens (including phenoxy) is 2. The van der Waals surface area contributed by atoms with E-state index >= 15 is 0 Å². The predicted molar refractivity (Wildman–Crippen MR) is 156 cm³/mol. The molecule has 4 rings (SSSR count). The number of carbonyl (C=O) groups is 2. The highest BCUT2D eigenvalue weighted by Gasteiger charge is 2.16. The Hall–Kier alpha value is -4.00. The molecule has 0 spiro atoms. The highest BCUT2D eigenvalue weighted by atomic mass is 35.5. The fourth-order valence-corrected chi connectivity index (χ4v) is 3.93. The lowest BCUT2D eigenvalue weighted by atomic mass is 10.0. The van der Waals surface area contributed by atoms with Crippen molar-refractivity contribution in [1.82, 2.24) is 0 Å². The molecule has 0 saturated carbocycles. The van der Waals surface area contributed by atoms with Gasteiger partial charge >= 0.3 is 0 Å². The molecule has 8 heteroatoms. The van der Waals surface area contributed by atoms with E-state index in [4.69, 9.17) is 32.7 Å². The summed E-state index contributed by atoms with van der Waals surface area (Å²) in [6.45, 7) is 3.38. The summed E-state index contributed by atoms with van der Waals surface area (Å²) in [5.41, 5.74) is 3.53. The van der Waals surface area contributed by atoms with Crippen molar-refractivity contribution in [2.24, 2.45) is 0 Å². The van der Waals surface area contributed by atoms with Crippen LogP contribution in [0, 0.1) is 0 Å². The van der Waals surface area contributed by atoms with Crippen LogP contribution in [0.15, 0.2) is 97.1 Å². The Morgan fingerprint density at radius 2 is 0.923 bits per heavy atom. The first-order chi connectivity index (χ1) is 18.7. The lowest BCUT2D eigenvalue weighted by Crippen LogP contribution is -2.30. The Kier molecular flexibility index (Phi) is 9.47. The quantitative estimate of drug-likeness (QED) is 0.211. The van der Waals surface area contributed by atoms with Crippen molar-refractivity contribution in [2.75, 3.05) is 10.6 Å². The van der Waals surface area contributed by atoms with Gasteiger partial charge in [-0.3, -0.25) is 9.59 Å². The van der Waals surface area contributed by atoms with Crippen LogP contribution in [0.25, 0.3) is 0 Å². The highest BCUT2D eigenvalue weighted by Crippen LogP contribution is 2.20. The smallest absolute Gasteiger partial charge is 0.265 e. The number of halogens is 2. The second kappa shape index (κ2) is 13.2. The van der Waals surface area contributed by atoms with Crippen LogP contribution in [-0.4, -0.2) is 24.0 Å². The minimum atomic E-state index is -0.670. The molecule has 2 amide bonds.